The minimum absolute atomic E-state index is 0.0805. The molecule has 2 heterocycles. The highest BCUT2D eigenvalue weighted by atomic mass is 32.2. The van der Waals surface area contributed by atoms with Crippen molar-refractivity contribution in [2.75, 3.05) is 18.0 Å². The Kier molecular flexibility index (Phi) is 7.22. The van der Waals surface area contributed by atoms with Gasteiger partial charge in [-0.25, -0.2) is 0 Å². The van der Waals surface area contributed by atoms with Gasteiger partial charge in [0.1, 0.15) is 10.1 Å². The van der Waals surface area contributed by atoms with E-state index in [1.807, 2.05) is 30.3 Å². The Bertz CT molecular complexity index is 949. The summed E-state index contributed by atoms with van der Waals surface area (Å²) in [6.45, 7) is 0.707. The number of nitriles is 1. The van der Waals surface area contributed by atoms with Gasteiger partial charge < -0.3 is 9.32 Å². The summed E-state index contributed by atoms with van der Waals surface area (Å²) in [5.74, 6) is 0.341. The molecule has 0 spiro atoms. The summed E-state index contributed by atoms with van der Waals surface area (Å²) in [5.41, 5.74) is 0.764. The van der Waals surface area contributed by atoms with Crippen LogP contribution in [0.1, 0.15) is 25.0 Å². The maximum Gasteiger partial charge on any atom is 0.266 e. The molecule has 1 aromatic heterocycles. The molecule has 1 aromatic carbocycles. The van der Waals surface area contributed by atoms with E-state index in [1.165, 1.54) is 16.7 Å². The van der Waals surface area contributed by atoms with E-state index in [0.29, 0.717) is 34.5 Å². The van der Waals surface area contributed by atoms with Gasteiger partial charge in [-0.3, -0.25) is 14.5 Å². The van der Waals surface area contributed by atoms with Gasteiger partial charge in [0.15, 0.2) is 0 Å². The fourth-order valence-electron chi connectivity index (χ4n) is 2.89. The Balaban J connectivity index is 1.58. The average Bonchev–Trinajstić information content (AvgIpc) is 3.33. The van der Waals surface area contributed by atoms with Crippen molar-refractivity contribution < 1.29 is 14.0 Å². The van der Waals surface area contributed by atoms with E-state index in [0.717, 1.165) is 5.69 Å². The molecule has 1 aliphatic rings. The van der Waals surface area contributed by atoms with Crippen LogP contribution in [-0.2, 0) is 9.59 Å². The fourth-order valence-corrected chi connectivity index (χ4v) is 4.17. The minimum atomic E-state index is -0.173. The molecule has 2 aromatic rings. The summed E-state index contributed by atoms with van der Waals surface area (Å²) in [5, 5.41) is 8.88. The zero-order chi connectivity index (χ0) is 20.6. The summed E-state index contributed by atoms with van der Waals surface area (Å²) >= 11 is 6.55. The van der Waals surface area contributed by atoms with E-state index < -0.39 is 0 Å². The van der Waals surface area contributed by atoms with E-state index in [4.69, 9.17) is 21.9 Å². The molecular formula is C21H19N3O3S2. The van der Waals surface area contributed by atoms with Crippen LogP contribution < -0.4 is 4.90 Å². The first kappa shape index (κ1) is 20.8. The molecule has 8 heteroatoms. The molecule has 0 bridgehead atoms. The number of hydrogen-bond donors (Lipinski definition) is 0. The smallest absolute Gasteiger partial charge is 0.266 e. The van der Waals surface area contributed by atoms with Crippen molar-refractivity contribution in [2.24, 2.45) is 0 Å². The van der Waals surface area contributed by atoms with E-state index in [2.05, 4.69) is 6.07 Å². The van der Waals surface area contributed by atoms with Gasteiger partial charge in [-0.1, -0.05) is 42.2 Å². The molecule has 1 aliphatic heterocycles. The van der Waals surface area contributed by atoms with E-state index in [-0.39, 0.29) is 24.7 Å². The lowest BCUT2D eigenvalue weighted by atomic mass is 10.2. The predicted octanol–water partition coefficient (Wildman–Crippen LogP) is 4.21. The SMILES string of the molecule is N#CCCN(C(=O)CCCN1C(=O)C(=Cc2ccco2)SC1=S)c1ccccc1. The highest BCUT2D eigenvalue weighted by Gasteiger charge is 2.32. The first-order valence-electron chi connectivity index (χ1n) is 9.11. The number of benzene rings is 1. The Labute approximate surface area is 178 Å². The Morgan fingerprint density at radius 3 is 2.76 bits per heavy atom. The molecular weight excluding hydrogens is 406 g/mol. The molecule has 6 nitrogen and oxygen atoms in total. The fraction of sp³-hybridized carbons (Fsp3) is 0.238. The van der Waals surface area contributed by atoms with Crippen LogP contribution in [-0.4, -0.2) is 34.1 Å². The molecule has 0 N–H and O–H groups in total. The number of carbonyl (C=O) groups is 2. The molecule has 0 unspecified atom stereocenters. The number of anilines is 1. The number of thiocarbonyl (C=S) groups is 1. The van der Waals surface area contributed by atoms with Gasteiger partial charge in [-0.2, -0.15) is 5.26 Å². The van der Waals surface area contributed by atoms with Crippen LogP contribution in [0.15, 0.2) is 58.1 Å². The van der Waals surface area contributed by atoms with Crippen LogP contribution >= 0.6 is 24.0 Å². The number of carbonyl (C=O) groups excluding carboxylic acids is 2. The maximum absolute atomic E-state index is 12.7. The van der Waals surface area contributed by atoms with E-state index in [1.54, 1.807) is 29.4 Å². The lowest BCUT2D eigenvalue weighted by Crippen LogP contribution is -2.33. The van der Waals surface area contributed by atoms with Crippen LogP contribution in [0.25, 0.3) is 6.08 Å². The Hall–Kier alpha value is -2.89. The molecule has 29 heavy (non-hydrogen) atoms. The highest BCUT2D eigenvalue weighted by molar-refractivity contribution is 8.26. The van der Waals surface area contributed by atoms with Gasteiger partial charge in [0.25, 0.3) is 5.91 Å². The topological polar surface area (TPSA) is 77.5 Å². The summed E-state index contributed by atoms with van der Waals surface area (Å²) in [7, 11) is 0. The van der Waals surface area contributed by atoms with Crippen molar-refractivity contribution >= 4 is 51.9 Å². The van der Waals surface area contributed by atoms with Gasteiger partial charge >= 0.3 is 0 Å². The average molecular weight is 426 g/mol. The number of nitrogens with zero attached hydrogens (tertiary/aromatic N) is 3. The molecule has 1 fully saturated rings. The minimum Gasteiger partial charge on any atom is -0.465 e. The second-order valence-electron chi connectivity index (χ2n) is 6.24. The number of amides is 2. The van der Waals surface area contributed by atoms with E-state index >= 15 is 0 Å². The zero-order valence-corrected chi connectivity index (χ0v) is 17.2. The summed E-state index contributed by atoms with van der Waals surface area (Å²) < 4.78 is 5.73. The monoisotopic (exact) mass is 425 g/mol. The lowest BCUT2D eigenvalue weighted by molar-refractivity contribution is -0.123. The third kappa shape index (κ3) is 5.34. The number of para-hydroxylation sites is 1. The number of rotatable bonds is 8. The van der Waals surface area contributed by atoms with Crippen LogP contribution in [0.3, 0.4) is 0 Å². The van der Waals surface area contributed by atoms with Gasteiger partial charge in [0, 0.05) is 31.3 Å². The van der Waals surface area contributed by atoms with Crippen LogP contribution in [0.2, 0.25) is 0 Å². The standard InChI is InChI=1S/C21H19N3O3S2/c22-11-6-13-23(16-7-2-1-3-8-16)19(25)10-4-12-24-20(26)18(29-21(24)28)15-17-9-5-14-27-17/h1-3,5,7-9,14-15H,4,6,10,12-13H2. The second-order valence-corrected chi connectivity index (χ2v) is 7.92. The number of hydrogen-bond acceptors (Lipinski definition) is 6. The summed E-state index contributed by atoms with van der Waals surface area (Å²) in [4.78, 5) is 28.9. The molecule has 0 aliphatic carbocycles. The molecule has 148 valence electrons. The van der Waals surface area contributed by atoms with Crippen LogP contribution in [0.4, 0.5) is 5.69 Å². The summed E-state index contributed by atoms with van der Waals surface area (Å²) in [6, 6.07) is 14.9. The van der Waals surface area contributed by atoms with Crippen molar-refractivity contribution in [3.05, 3.63) is 59.4 Å². The maximum atomic E-state index is 12.7. The first-order valence-corrected chi connectivity index (χ1v) is 10.3. The van der Waals surface area contributed by atoms with Crippen molar-refractivity contribution in [1.29, 1.82) is 5.26 Å². The molecule has 3 rings (SSSR count). The van der Waals surface area contributed by atoms with Gasteiger partial charge in [0.2, 0.25) is 5.91 Å². The normalized spacial score (nSPS) is 15.0. The third-order valence-corrected chi connectivity index (χ3v) is 5.66. The first-order chi connectivity index (χ1) is 14.1. The molecule has 0 radical (unpaired) electrons. The third-order valence-electron chi connectivity index (χ3n) is 4.28. The van der Waals surface area contributed by atoms with Gasteiger partial charge in [-0.05, 0) is 30.7 Å². The Morgan fingerprint density at radius 1 is 1.28 bits per heavy atom. The van der Waals surface area contributed by atoms with Gasteiger partial charge in [-0.15, -0.1) is 0 Å². The van der Waals surface area contributed by atoms with Crippen LogP contribution in [0.5, 0.6) is 0 Å². The van der Waals surface area contributed by atoms with E-state index in [9.17, 15) is 9.59 Å². The van der Waals surface area contributed by atoms with Crippen LogP contribution in [0, 0.1) is 11.3 Å². The molecule has 0 atom stereocenters. The largest absolute Gasteiger partial charge is 0.465 e. The Morgan fingerprint density at radius 2 is 2.07 bits per heavy atom. The summed E-state index contributed by atoms with van der Waals surface area (Å²) in [6.07, 6.45) is 4.21. The number of furan rings is 1. The van der Waals surface area contributed by atoms with Crippen molar-refractivity contribution in [3.63, 3.8) is 0 Å². The van der Waals surface area contributed by atoms with Crippen molar-refractivity contribution in [1.82, 2.24) is 4.90 Å². The predicted molar refractivity (Wildman–Crippen MR) is 117 cm³/mol. The number of thioether (sulfide) groups is 1. The molecule has 1 saturated heterocycles. The second kappa shape index (κ2) is 10.0. The van der Waals surface area contributed by atoms with Crippen molar-refractivity contribution in [2.45, 2.75) is 19.3 Å². The van der Waals surface area contributed by atoms with Gasteiger partial charge in [0.05, 0.1) is 23.7 Å². The lowest BCUT2D eigenvalue weighted by Gasteiger charge is -2.22. The van der Waals surface area contributed by atoms with Crippen molar-refractivity contribution in [3.8, 4) is 6.07 Å². The molecule has 2 amide bonds. The zero-order valence-electron chi connectivity index (χ0n) is 15.6. The quantitative estimate of drug-likeness (QED) is 0.466. The molecule has 0 saturated carbocycles. The highest BCUT2D eigenvalue weighted by Crippen LogP contribution is 2.32.